The van der Waals surface area contributed by atoms with Gasteiger partial charge < -0.3 is 0 Å². The Bertz CT molecular complexity index is 1170. The van der Waals surface area contributed by atoms with Crippen LogP contribution in [0.2, 0.25) is 0 Å². The molecule has 0 saturated heterocycles. The molecule has 4 nitrogen and oxygen atoms in total. The van der Waals surface area contributed by atoms with Crippen molar-refractivity contribution in [2.75, 3.05) is 6.54 Å². The normalized spacial score (nSPS) is 17.0. The summed E-state index contributed by atoms with van der Waals surface area (Å²) in [4.78, 5) is 13.2. The average molecular weight is 406 g/mol. The number of carbonyl (C=O) groups excluding carboxylic acids is 1. The number of amides is 1. The number of aryl methyl sites for hydroxylation is 2. The van der Waals surface area contributed by atoms with Gasteiger partial charge in [-0.2, -0.15) is 0 Å². The van der Waals surface area contributed by atoms with Crippen LogP contribution in [0.5, 0.6) is 0 Å². The fraction of sp³-hybridized carbons (Fsp3) is 0.208. The monoisotopic (exact) mass is 405 g/mol. The number of hydrogen-bond acceptors (Lipinski definition) is 3. The quantitative estimate of drug-likeness (QED) is 0.656. The number of nitrogens with zero attached hydrogens (tertiary/aromatic N) is 1. The molecule has 0 spiro atoms. The molecule has 4 rings (SSSR count). The first-order chi connectivity index (χ1) is 13.9. The molecule has 0 saturated carbocycles. The zero-order valence-electron chi connectivity index (χ0n) is 16.5. The lowest BCUT2D eigenvalue weighted by molar-refractivity contribution is -0.125. The van der Waals surface area contributed by atoms with Gasteiger partial charge in [0, 0.05) is 12.5 Å². The molecule has 1 unspecified atom stereocenters. The Hall–Kier alpha value is -2.92. The third kappa shape index (κ3) is 3.58. The Kier molecular flexibility index (Phi) is 5.01. The second-order valence-corrected chi connectivity index (χ2v) is 9.39. The minimum atomic E-state index is -3.94. The van der Waals surface area contributed by atoms with Crippen LogP contribution in [0.3, 0.4) is 0 Å². The second-order valence-electron chi connectivity index (χ2n) is 7.53. The molecule has 0 radical (unpaired) electrons. The van der Waals surface area contributed by atoms with E-state index in [1.807, 2.05) is 62.4 Å². The molecule has 5 heteroatoms. The van der Waals surface area contributed by atoms with Crippen LogP contribution < -0.4 is 0 Å². The summed E-state index contributed by atoms with van der Waals surface area (Å²) >= 11 is 0. The summed E-state index contributed by atoms with van der Waals surface area (Å²) in [5.74, 6) is -0.604. The Morgan fingerprint density at radius 1 is 0.828 bits per heavy atom. The fourth-order valence-electron chi connectivity index (χ4n) is 3.97. The lowest BCUT2D eigenvalue weighted by Gasteiger charge is -2.26. The molecule has 148 valence electrons. The lowest BCUT2D eigenvalue weighted by Crippen LogP contribution is -2.39. The molecule has 0 aromatic heterocycles. The van der Waals surface area contributed by atoms with Crippen molar-refractivity contribution in [1.82, 2.24) is 4.31 Å². The predicted octanol–water partition coefficient (Wildman–Crippen LogP) is 4.21. The zero-order valence-corrected chi connectivity index (χ0v) is 17.3. The maximum atomic E-state index is 13.4. The Labute approximate surface area is 171 Å². The topological polar surface area (TPSA) is 54.5 Å². The summed E-state index contributed by atoms with van der Waals surface area (Å²) in [6, 6.07) is 22.4. The Morgan fingerprint density at radius 3 is 2.14 bits per heavy atom. The highest BCUT2D eigenvalue weighted by Crippen LogP contribution is 2.35. The van der Waals surface area contributed by atoms with E-state index in [0.29, 0.717) is 0 Å². The molecule has 1 atom stereocenters. The average Bonchev–Trinajstić information content (AvgIpc) is 2.85. The van der Waals surface area contributed by atoms with E-state index in [4.69, 9.17) is 0 Å². The maximum Gasteiger partial charge on any atom is 0.266 e. The van der Waals surface area contributed by atoms with Crippen LogP contribution in [0.15, 0.2) is 77.7 Å². The number of fused-ring (bicyclic) bond motifs is 1. The van der Waals surface area contributed by atoms with Crippen LogP contribution in [0.25, 0.3) is 0 Å². The Balaban J connectivity index is 1.85. The van der Waals surface area contributed by atoms with Gasteiger partial charge in [-0.05, 0) is 48.2 Å². The minimum Gasteiger partial charge on any atom is -0.273 e. The Morgan fingerprint density at radius 2 is 1.45 bits per heavy atom. The highest BCUT2D eigenvalue weighted by Gasteiger charge is 2.36. The molecule has 0 bridgehead atoms. The van der Waals surface area contributed by atoms with Gasteiger partial charge in [0.1, 0.15) is 0 Å². The van der Waals surface area contributed by atoms with Crippen LogP contribution in [-0.2, 0) is 21.2 Å². The SMILES string of the molecule is Cc1ccc(S(=O)(=O)N2CC(c3ccccc3C)c3ccccc3CC2=O)cc1. The van der Waals surface area contributed by atoms with E-state index in [1.165, 1.54) is 0 Å². The standard InChI is InChI=1S/C24H23NO3S/c1-17-11-13-20(14-12-17)29(27,28)25-16-23(21-9-5-3-7-18(21)2)22-10-6-4-8-19(22)15-24(25)26/h3-14,23H,15-16H2,1-2H3. The van der Waals surface area contributed by atoms with Crippen molar-refractivity contribution < 1.29 is 13.2 Å². The highest BCUT2D eigenvalue weighted by atomic mass is 32.2. The summed E-state index contributed by atoms with van der Waals surface area (Å²) < 4.78 is 27.8. The van der Waals surface area contributed by atoms with Crippen molar-refractivity contribution in [2.45, 2.75) is 31.1 Å². The van der Waals surface area contributed by atoms with Gasteiger partial charge in [-0.15, -0.1) is 0 Å². The van der Waals surface area contributed by atoms with Crippen molar-refractivity contribution in [3.8, 4) is 0 Å². The molecular weight excluding hydrogens is 382 g/mol. The zero-order chi connectivity index (χ0) is 20.6. The van der Waals surface area contributed by atoms with E-state index in [0.717, 1.165) is 32.1 Å². The molecule has 1 aliphatic rings. The summed E-state index contributed by atoms with van der Waals surface area (Å²) in [5, 5.41) is 0. The van der Waals surface area contributed by atoms with Gasteiger partial charge in [0.25, 0.3) is 10.0 Å². The summed E-state index contributed by atoms with van der Waals surface area (Å²) in [6.45, 7) is 4.01. The van der Waals surface area contributed by atoms with Gasteiger partial charge >= 0.3 is 0 Å². The van der Waals surface area contributed by atoms with E-state index < -0.39 is 15.9 Å². The fourth-order valence-corrected chi connectivity index (χ4v) is 5.38. The van der Waals surface area contributed by atoms with Gasteiger partial charge in [-0.3, -0.25) is 4.79 Å². The summed E-state index contributed by atoms with van der Waals surface area (Å²) in [6.07, 6.45) is 0.0731. The summed E-state index contributed by atoms with van der Waals surface area (Å²) in [7, 11) is -3.94. The number of rotatable bonds is 3. The largest absolute Gasteiger partial charge is 0.273 e. The molecule has 1 heterocycles. The van der Waals surface area contributed by atoms with Crippen molar-refractivity contribution in [1.29, 1.82) is 0 Å². The van der Waals surface area contributed by atoms with Gasteiger partial charge in [0.15, 0.2) is 0 Å². The molecule has 0 aliphatic carbocycles. The van der Waals surface area contributed by atoms with Crippen LogP contribution in [0.4, 0.5) is 0 Å². The molecule has 0 fully saturated rings. The molecule has 1 amide bonds. The number of hydrogen-bond donors (Lipinski definition) is 0. The van der Waals surface area contributed by atoms with Crippen LogP contribution in [-0.4, -0.2) is 25.2 Å². The first-order valence-electron chi connectivity index (χ1n) is 9.63. The van der Waals surface area contributed by atoms with Crippen LogP contribution >= 0.6 is 0 Å². The van der Waals surface area contributed by atoms with Crippen molar-refractivity contribution in [3.63, 3.8) is 0 Å². The second kappa shape index (κ2) is 7.48. The molecule has 3 aromatic carbocycles. The van der Waals surface area contributed by atoms with E-state index in [-0.39, 0.29) is 23.8 Å². The number of sulfonamides is 1. The maximum absolute atomic E-state index is 13.4. The lowest BCUT2D eigenvalue weighted by atomic mass is 9.86. The molecule has 29 heavy (non-hydrogen) atoms. The van der Waals surface area contributed by atoms with Crippen LogP contribution in [0.1, 0.15) is 33.7 Å². The predicted molar refractivity (Wildman–Crippen MR) is 113 cm³/mol. The van der Waals surface area contributed by atoms with Gasteiger partial charge in [0.05, 0.1) is 11.3 Å². The van der Waals surface area contributed by atoms with Gasteiger partial charge in [-0.1, -0.05) is 66.2 Å². The first-order valence-corrected chi connectivity index (χ1v) is 11.1. The van der Waals surface area contributed by atoms with E-state index in [2.05, 4.69) is 0 Å². The molecular formula is C24H23NO3S. The molecule has 0 N–H and O–H groups in total. The van der Waals surface area contributed by atoms with E-state index in [9.17, 15) is 13.2 Å². The first kappa shape index (κ1) is 19.4. The number of carbonyl (C=O) groups is 1. The van der Waals surface area contributed by atoms with Gasteiger partial charge in [0.2, 0.25) is 5.91 Å². The van der Waals surface area contributed by atoms with Crippen molar-refractivity contribution in [3.05, 3.63) is 101 Å². The molecule has 3 aromatic rings. The molecule has 1 aliphatic heterocycles. The van der Waals surface area contributed by atoms with Crippen LogP contribution in [0, 0.1) is 13.8 Å². The smallest absolute Gasteiger partial charge is 0.266 e. The third-order valence-corrected chi connectivity index (χ3v) is 7.37. The highest BCUT2D eigenvalue weighted by molar-refractivity contribution is 7.89. The van der Waals surface area contributed by atoms with Gasteiger partial charge in [-0.25, -0.2) is 12.7 Å². The van der Waals surface area contributed by atoms with E-state index >= 15 is 0 Å². The minimum absolute atomic E-state index is 0.0731. The van der Waals surface area contributed by atoms with Crippen molar-refractivity contribution >= 4 is 15.9 Å². The van der Waals surface area contributed by atoms with E-state index in [1.54, 1.807) is 24.3 Å². The number of benzene rings is 3. The third-order valence-electron chi connectivity index (χ3n) is 5.57. The van der Waals surface area contributed by atoms with Crippen molar-refractivity contribution in [2.24, 2.45) is 0 Å². The summed E-state index contributed by atoms with van der Waals surface area (Å²) in [5.41, 5.74) is 4.98.